The number of morpholine rings is 1. The number of nitrogens with one attached hydrogen (secondary N) is 2. The molecular formula is C26H25FN6O3. The molecule has 2 atom stereocenters. The first kappa shape index (κ1) is 22.4. The molecule has 0 radical (unpaired) electrons. The fraction of sp³-hybridized carbons (Fsp3) is 0.269. The van der Waals surface area contributed by atoms with Gasteiger partial charge >= 0.3 is 0 Å². The molecule has 3 aromatic heterocycles. The Morgan fingerprint density at radius 1 is 1.22 bits per heavy atom. The first-order chi connectivity index (χ1) is 17.5. The Kier molecular flexibility index (Phi) is 5.54. The number of aromatic nitrogens is 3. The van der Waals surface area contributed by atoms with Crippen molar-refractivity contribution >= 4 is 28.7 Å². The fourth-order valence-electron chi connectivity index (χ4n) is 4.83. The minimum absolute atomic E-state index is 0.164. The number of rotatable bonds is 5. The molecule has 1 saturated heterocycles. The number of fused-ring (bicyclic) bond motifs is 2. The smallest absolute Gasteiger partial charge is 0.254 e. The van der Waals surface area contributed by atoms with E-state index in [0.29, 0.717) is 42.4 Å². The van der Waals surface area contributed by atoms with Gasteiger partial charge in [-0.15, -0.1) is 0 Å². The average Bonchev–Trinajstić information content (AvgIpc) is 3.48. The van der Waals surface area contributed by atoms with Gasteiger partial charge in [0.15, 0.2) is 0 Å². The number of nitrogens with zero attached hydrogens (tertiary/aromatic N) is 4. The van der Waals surface area contributed by atoms with Gasteiger partial charge in [-0.1, -0.05) is 6.07 Å². The molecule has 5 heterocycles. The second kappa shape index (κ2) is 8.89. The summed E-state index contributed by atoms with van der Waals surface area (Å²) in [5.41, 5.74) is 5.15. The van der Waals surface area contributed by atoms with Crippen LogP contribution >= 0.6 is 0 Å². The molecule has 4 aromatic rings. The van der Waals surface area contributed by atoms with Crippen LogP contribution in [0.1, 0.15) is 22.8 Å². The zero-order chi connectivity index (χ0) is 24.8. The van der Waals surface area contributed by atoms with Crippen molar-refractivity contribution in [3.63, 3.8) is 0 Å². The van der Waals surface area contributed by atoms with Crippen molar-refractivity contribution < 1.29 is 19.0 Å². The molecule has 9 nitrogen and oxygen atoms in total. The highest BCUT2D eigenvalue weighted by atomic mass is 19.1. The van der Waals surface area contributed by atoms with Crippen LogP contribution in [-0.2, 0) is 11.3 Å². The lowest BCUT2D eigenvalue weighted by Gasteiger charge is -2.35. The average molecular weight is 489 g/mol. The Labute approximate surface area is 206 Å². The SMILES string of the molecule is C[C@H](O)[C@H]1CN(c2ccc(Nc3ccc(-c4cnc5cc(F)ccn45)c4c3C(=O)NC4)nc2)CCO1. The van der Waals surface area contributed by atoms with Gasteiger partial charge in [0.25, 0.3) is 5.91 Å². The Morgan fingerprint density at radius 3 is 2.92 bits per heavy atom. The maximum atomic E-state index is 13.6. The van der Waals surface area contributed by atoms with Gasteiger partial charge in [0, 0.05) is 37.5 Å². The van der Waals surface area contributed by atoms with E-state index in [0.717, 1.165) is 29.1 Å². The van der Waals surface area contributed by atoms with Crippen LogP contribution in [-0.4, -0.2) is 57.3 Å². The lowest BCUT2D eigenvalue weighted by Crippen LogP contribution is -2.47. The highest BCUT2D eigenvalue weighted by Gasteiger charge is 2.28. The quantitative estimate of drug-likeness (QED) is 0.397. The molecule has 1 amide bonds. The normalized spacial score (nSPS) is 18.2. The third-order valence-electron chi connectivity index (χ3n) is 6.72. The van der Waals surface area contributed by atoms with Crippen molar-refractivity contribution in [1.29, 1.82) is 0 Å². The highest BCUT2D eigenvalue weighted by Crippen LogP contribution is 2.35. The van der Waals surface area contributed by atoms with E-state index in [-0.39, 0.29) is 17.8 Å². The van der Waals surface area contributed by atoms with Gasteiger partial charge in [0.1, 0.15) is 23.4 Å². The van der Waals surface area contributed by atoms with Gasteiger partial charge in [0.2, 0.25) is 0 Å². The summed E-state index contributed by atoms with van der Waals surface area (Å²) in [5.74, 6) is 0.0958. The number of carbonyl (C=O) groups is 1. The van der Waals surface area contributed by atoms with E-state index in [1.54, 1.807) is 25.5 Å². The fourth-order valence-corrected chi connectivity index (χ4v) is 4.83. The number of pyridine rings is 2. The minimum Gasteiger partial charge on any atom is -0.391 e. The van der Waals surface area contributed by atoms with Crippen molar-refractivity contribution in [2.45, 2.75) is 25.7 Å². The Hall–Kier alpha value is -4.02. The summed E-state index contributed by atoms with van der Waals surface area (Å²) in [6.07, 6.45) is 4.33. The van der Waals surface area contributed by atoms with Gasteiger partial charge in [0.05, 0.1) is 47.7 Å². The topological polar surface area (TPSA) is 104 Å². The summed E-state index contributed by atoms with van der Waals surface area (Å²) >= 11 is 0. The summed E-state index contributed by atoms with van der Waals surface area (Å²) in [7, 11) is 0. The van der Waals surface area contributed by atoms with E-state index in [4.69, 9.17) is 4.74 Å². The van der Waals surface area contributed by atoms with Crippen LogP contribution in [0, 0.1) is 5.82 Å². The molecule has 6 rings (SSSR count). The number of carbonyl (C=O) groups excluding carboxylic acids is 1. The lowest BCUT2D eigenvalue weighted by atomic mass is 9.99. The monoisotopic (exact) mass is 488 g/mol. The van der Waals surface area contributed by atoms with Gasteiger partial charge < -0.3 is 25.4 Å². The summed E-state index contributed by atoms with van der Waals surface area (Å²) < 4.78 is 21.1. The van der Waals surface area contributed by atoms with Crippen LogP contribution in [0.5, 0.6) is 0 Å². The van der Waals surface area contributed by atoms with Crippen LogP contribution in [0.25, 0.3) is 16.9 Å². The molecular weight excluding hydrogens is 463 g/mol. The Balaban J connectivity index is 1.28. The zero-order valence-electron chi connectivity index (χ0n) is 19.6. The second-order valence-electron chi connectivity index (χ2n) is 9.04. The molecule has 0 bridgehead atoms. The van der Waals surface area contributed by atoms with E-state index >= 15 is 0 Å². The molecule has 0 spiro atoms. The van der Waals surface area contributed by atoms with Crippen molar-refractivity contribution in [2.24, 2.45) is 0 Å². The van der Waals surface area contributed by atoms with E-state index in [1.807, 2.05) is 28.7 Å². The van der Waals surface area contributed by atoms with E-state index in [1.165, 1.54) is 12.1 Å². The molecule has 3 N–H and O–H groups in total. The van der Waals surface area contributed by atoms with Crippen LogP contribution in [0.15, 0.2) is 55.0 Å². The van der Waals surface area contributed by atoms with Crippen LogP contribution in [0.2, 0.25) is 0 Å². The minimum atomic E-state index is -0.542. The highest BCUT2D eigenvalue weighted by molar-refractivity contribution is 6.06. The summed E-state index contributed by atoms with van der Waals surface area (Å²) in [6.45, 7) is 3.99. The standard InChI is InChI=1S/C26H25FN6O3/c1-15(34)22-14-32(8-9-36-22)17-2-5-23(28-11-17)31-20-4-3-18(19-12-30-26(35)25(19)20)21-13-29-24-10-16(27)6-7-33(21)24/h2-7,10-11,13,15,22,34H,8-9,12,14H2,1H3,(H,28,31)(H,30,35)/t15-,22+/m0/s1. The van der Waals surface area contributed by atoms with E-state index in [9.17, 15) is 14.3 Å². The summed E-state index contributed by atoms with van der Waals surface area (Å²) in [5, 5.41) is 16.1. The Morgan fingerprint density at radius 2 is 2.11 bits per heavy atom. The molecule has 2 aliphatic rings. The third kappa shape index (κ3) is 3.94. The predicted molar refractivity (Wildman–Crippen MR) is 133 cm³/mol. The van der Waals surface area contributed by atoms with Crippen molar-refractivity contribution in [1.82, 2.24) is 19.7 Å². The van der Waals surface area contributed by atoms with E-state index < -0.39 is 6.10 Å². The number of hydrogen-bond acceptors (Lipinski definition) is 7. The van der Waals surface area contributed by atoms with Crippen LogP contribution in [0.3, 0.4) is 0 Å². The van der Waals surface area contributed by atoms with Gasteiger partial charge in [-0.2, -0.15) is 0 Å². The number of aliphatic hydroxyl groups excluding tert-OH is 1. The maximum absolute atomic E-state index is 13.6. The van der Waals surface area contributed by atoms with Crippen molar-refractivity contribution in [2.75, 3.05) is 29.9 Å². The van der Waals surface area contributed by atoms with Crippen LogP contribution in [0.4, 0.5) is 21.6 Å². The largest absolute Gasteiger partial charge is 0.391 e. The molecule has 1 fully saturated rings. The van der Waals surface area contributed by atoms with Crippen molar-refractivity contribution in [3.8, 4) is 11.3 Å². The lowest BCUT2D eigenvalue weighted by molar-refractivity contribution is -0.0364. The van der Waals surface area contributed by atoms with Gasteiger partial charge in [-0.05, 0) is 36.8 Å². The third-order valence-corrected chi connectivity index (χ3v) is 6.72. The molecule has 184 valence electrons. The number of hydrogen-bond donors (Lipinski definition) is 3. The predicted octanol–water partition coefficient (Wildman–Crippen LogP) is 3.11. The van der Waals surface area contributed by atoms with Gasteiger partial charge in [-0.25, -0.2) is 14.4 Å². The molecule has 36 heavy (non-hydrogen) atoms. The number of amides is 1. The number of halogens is 1. The molecule has 10 heteroatoms. The molecule has 2 aliphatic heterocycles. The number of aliphatic hydroxyl groups is 1. The van der Waals surface area contributed by atoms with Crippen LogP contribution < -0.4 is 15.5 Å². The Bertz CT molecular complexity index is 1450. The molecule has 0 aliphatic carbocycles. The summed E-state index contributed by atoms with van der Waals surface area (Å²) in [4.78, 5) is 23.8. The first-order valence-corrected chi connectivity index (χ1v) is 11.8. The van der Waals surface area contributed by atoms with Gasteiger partial charge in [-0.3, -0.25) is 9.20 Å². The summed E-state index contributed by atoms with van der Waals surface area (Å²) in [6, 6.07) is 10.4. The molecule has 1 aromatic carbocycles. The molecule has 0 saturated carbocycles. The number of imidazole rings is 1. The maximum Gasteiger partial charge on any atom is 0.254 e. The zero-order valence-corrected chi connectivity index (χ0v) is 19.6. The molecule has 0 unspecified atom stereocenters. The number of ether oxygens (including phenoxy) is 1. The number of benzene rings is 1. The first-order valence-electron chi connectivity index (χ1n) is 11.8. The van der Waals surface area contributed by atoms with E-state index in [2.05, 4.69) is 25.5 Å². The second-order valence-corrected chi connectivity index (χ2v) is 9.04. The van der Waals surface area contributed by atoms with Crippen molar-refractivity contribution in [3.05, 3.63) is 71.9 Å². The number of anilines is 3.